The molecule has 2 N–H and O–H groups in total. The summed E-state index contributed by atoms with van der Waals surface area (Å²) in [7, 11) is 0. The normalized spacial score (nSPS) is 15.9. The lowest BCUT2D eigenvalue weighted by Gasteiger charge is -2.26. The van der Waals surface area contributed by atoms with Crippen LogP contribution in [0.3, 0.4) is 0 Å². The molecule has 0 bridgehead atoms. The lowest BCUT2D eigenvalue weighted by atomic mass is 10.1. The summed E-state index contributed by atoms with van der Waals surface area (Å²) in [4.78, 5) is 0. The molecule has 0 aromatic heterocycles. The first kappa shape index (κ1) is 9.50. The van der Waals surface area contributed by atoms with Crippen LogP contribution in [0.1, 0.15) is 33.1 Å². The van der Waals surface area contributed by atoms with Gasteiger partial charge in [0.05, 0.1) is 6.26 Å². The molecule has 0 amide bonds. The summed E-state index contributed by atoms with van der Waals surface area (Å²) >= 11 is 0. The van der Waals surface area contributed by atoms with Crippen molar-refractivity contribution in [3.8, 4) is 0 Å². The van der Waals surface area contributed by atoms with Crippen LogP contribution in [0.2, 0.25) is 0 Å². The van der Waals surface area contributed by atoms with Crippen LogP contribution in [0.25, 0.3) is 0 Å². The predicted octanol–water partition coefficient (Wildman–Crippen LogP) is 2.01. The van der Waals surface area contributed by atoms with Crippen LogP contribution < -0.4 is 5.73 Å². The van der Waals surface area contributed by atoms with E-state index in [9.17, 15) is 0 Å². The molecule has 10 heavy (non-hydrogen) atoms. The first-order chi connectivity index (χ1) is 4.68. The third-order valence-corrected chi connectivity index (χ3v) is 1.59. The monoisotopic (exact) mass is 143 g/mol. The minimum absolute atomic E-state index is 0.476. The van der Waals surface area contributed by atoms with Crippen molar-refractivity contribution in [1.29, 1.82) is 0 Å². The van der Waals surface area contributed by atoms with Crippen LogP contribution in [0.15, 0.2) is 12.8 Å². The molecule has 0 fully saturated rings. The Morgan fingerprint density at radius 3 is 2.50 bits per heavy atom. The third-order valence-electron chi connectivity index (χ3n) is 1.59. The predicted molar refractivity (Wildman–Crippen MR) is 43.4 cm³/mol. The number of hydrogen-bond donors (Lipinski definition) is 1. The van der Waals surface area contributed by atoms with Crippen molar-refractivity contribution in [2.45, 2.75) is 38.8 Å². The summed E-state index contributed by atoms with van der Waals surface area (Å²) in [5.41, 5.74) is 5.35. The van der Waals surface area contributed by atoms with Crippen molar-refractivity contribution in [2.24, 2.45) is 5.73 Å². The topological polar surface area (TPSA) is 35.2 Å². The van der Waals surface area contributed by atoms with Crippen LogP contribution in [0.5, 0.6) is 0 Å². The summed E-state index contributed by atoms with van der Waals surface area (Å²) in [6.07, 6.45) is 4.17. The van der Waals surface area contributed by atoms with Gasteiger partial charge < -0.3 is 4.74 Å². The van der Waals surface area contributed by atoms with E-state index in [0.29, 0.717) is 0 Å². The first-order valence-electron chi connectivity index (χ1n) is 3.76. The largest absolute Gasteiger partial charge is 0.481 e. The second kappa shape index (κ2) is 4.34. The zero-order valence-electron chi connectivity index (χ0n) is 6.89. The molecule has 0 aromatic carbocycles. The van der Waals surface area contributed by atoms with Gasteiger partial charge in [-0.1, -0.05) is 26.8 Å². The smallest absolute Gasteiger partial charge is 0.157 e. The van der Waals surface area contributed by atoms with E-state index in [1.807, 2.05) is 6.92 Å². The average Bonchev–Trinajstić information content (AvgIpc) is 1.89. The van der Waals surface area contributed by atoms with E-state index in [-0.39, 0.29) is 0 Å². The highest BCUT2D eigenvalue weighted by molar-refractivity contribution is 4.73. The maximum atomic E-state index is 5.82. The Morgan fingerprint density at radius 1 is 1.60 bits per heavy atom. The van der Waals surface area contributed by atoms with Crippen LogP contribution in [-0.2, 0) is 4.74 Å². The first-order valence-corrected chi connectivity index (χ1v) is 3.76. The average molecular weight is 143 g/mol. The maximum absolute atomic E-state index is 5.82. The second-order valence-corrected chi connectivity index (χ2v) is 2.45. The number of rotatable bonds is 5. The molecule has 0 aromatic rings. The highest BCUT2D eigenvalue weighted by atomic mass is 16.5. The molecular formula is C8H17NO. The van der Waals surface area contributed by atoms with Gasteiger partial charge in [-0.25, -0.2) is 0 Å². The van der Waals surface area contributed by atoms with Crippen LogP contribution in [-0.4, -0.2) is 5.72 Å². The van der Waals surface area contributed by atoms with Crippen molar-refractivity contribution in [3.05, 3.63) is 12.8 Å². The van der Waals surface area contributed by atoms with Crippen LogP contribution in [0, 0.1) is 0 Å². The van der Waals surface area contributed by atoms with Crippen molar-refractivity contribution in [3.63, 3.8) is 0 Å². The Balaban J connectivity index is 3.80. The van der Waals surface area contributed by atoms with E-state index in [0.717, 1.165) is 19.3 Å². The van der Waals surface area contributed by atoms with Gasteiger partial charge in [-0.3, -0.25) is 5.73 Å². The van der Waals surface area contributed by atoms with Gasteiger partial charge in [-0.15, -0.1) is 0 Å². The van der Waals surface area contributed by atoms with Crippen molar-refractivity contribution < 1.29 is 4.74 Å². The lowest BCUT2D eigenvalue weighted by molar-refractivity contribution is 0.0158. The molecule has 0 aliphatic carbocycles. The quantitative estimate of drug-likeness (QED) is 0.472. The Labute approximate surface area is 63.1 Å². The molecule has 2 heteroatoms. The van der Waals surface area contributed by atoms with Crippen molar-refractivity contribution >= 4 is 0 Å². The number of hydrogen-bond acceptors (Lipinski definition) is 2. The molecular weight excluding hydrogens is 126 g/mol. The molecule has 2 nitrogen and oxygen atoms in total. The fourth-order valence-electron chi connectivity index (χ4n) is 0.908. The highest BCUT2D eigenvalue weighted by Crippen LogP contribution is 2.15. The van der Waals surface area contributed by atoms with Gasteiger partial charge >= 0.3 is 0 Å². The molecule has 0 spiro atoms. The summed E-state index contributed by atoms with van der Waals surface area (Å²) in [5, 5.41) is 0. The zero-order valence-corrected chi connectivity index (χ0v) is 6.89. The second-order valence-electron chi connectivity index (χ2n) is 2.45. The molecule has 1 unspecified atom stereocenters. The highest BCUT2D eigenvalue weighted by Gasteiger charge is 2.20. The van der Waals surface area contributed by atoms with Gasteiger partial charge in [0.2, 0.25) is 0 Å². The summed E-state index contributed by atoms with van der Waals surface area (Å²) in [6.45, 7) is 7.57. The van der Waals surface area contributed by atoms with Crippen molar-refractivity contribution in [2.75, 3.05) is 0 Å². The van der Waals surface area contributed by atoms with E-state index in [1.54, 1.807) is 0 Å². The van der Waals surface area contributed by atoms with Gasteiger partial charge in [0, 0.05) is 6.42 Å². The van der Waals surface area contributed by atoms with E-state index >= 15 is 0 Å². The van der Waals surface area contributed by atoms with E-state index in [1.165, 1.54) is 6.26 Å². The number of ether oxygens (including phenoxy) is 1. The summed E-state index contributed by atoms with van der Waals surface area (Å²) in [5.74, 6) is 0. The molecule has 1 atom stereocenters. The molecule has 0 saturated carbocycles. The lowest BCUT2D eigenvalue weighted by Crippen LogP contribution is -2.40. The van der Waals surface area contributed by atoms with Crippen LogP contribution in [0.4, 0.5) is 0 Å². The Morgan fingerprint density at radius 2 is 2.20 bits per heavy atom. The van der Waals surface area contributed by atoms with E-state index in [4.69, 9.17) is 10.5 Å². The van der Waals surface area contributed by atoms with Gasteiger partial charge in [-0.2, -0.15) is 0 Å². The minimum atomic E-state index is -0.476. The zero-order chi connectivity index (χ0) is 8.04. The molecule has 0 rings (SSSR count). The van der Waals surface area contributed by atoms with Crippen LogP contribution >= 0.6 is 0 Å². The number of nitrogens with two attached hydrogens (primary N) is 1. The molecule has 0 aliphatic heterocycles. The maximum Gasteiger partial charge on any atom is 0.157 e. The molecule has 0 aliphatic rings. The fourth-order valence-corrected chi connectivity index (χ4v) is 0.908. The Kier molecular flexibility index (Phi) is 4.12. The Hall–Kier alpha value is -0.500. The molecule has 0 heterocycles. The molecule has 60 valence electrons. The summed E-state index contributed by atoms with van der Waals surface area (Å²) < 4.78 is 5.16. The fraction of sp³-hybridized carbons (Fsp3) is 0.750. The molecule has 0 radical (unpaired) electrons. The standard InChI is InChI=1S/C8H17NO/c1-4-7-8(9,5-2)10-6-3/h6H,3-5,7,9H2,1-2H3. The Bertz CT molecular complexity index is 103. The molecule has 0 saturated heterocycles. The van der Waals surface area contributed by atoms with E-state index in [2.05, 4.69) is 13.5 Å². The summed E-state index contributed by atoms with van der Waals surface area (Å²) in [6, 6.07) is 0. The van der Waals surface area contributed by atoms with E-state index < -0.39 is 5.72 Å². The van der Waals surface area contributed by atoms with Gasteiger partial charge in [0.15, 0.2) is 5.72 Å². The minimum Gasteiger partial charge on any atom is -0.481 e. The SMILES string of the molecule is C=COC(N)(CC)CCC. The third kappa shape index (κ3) is 2.87. The van der Waals surface area contributed by atoms with Crippen molar-refractivity contribution in [1.82, 2.24) is 0 Å². The van der Waals surface area contributed by atoms with Gasteiger partial charge in [0.1, 0.15) is 0 Å². The van der Waals surface area contributed by atoms with Gasteiger partial charge in [-0.05, 0) is 6.42 Å². The van der Waals surface area contributed by atoms with Gasteiger partial charge in [0.25, 0.3) is 0 Å².